The number of halogens is 6. The van der Waals surface area contributed by atoms with E-state index in [0.29, 0.717) is 39.7 Å². The van der Waals surface area contributed by atoms with E-state index in [-0.39, 0.29) is 17.4 Å². The largest absolute Gasteiger partial charge is 0.478 e. The van der Waals surface area contributed by atoms with Gasteiger partial charge in [0.2, 0.25) is 0 Å². The minimum Gasteiger partial charge on any atom is -0.478 e. The van der Waals surface area contributed by atoms with Crippen molar-refractivity contribution in [3.8, 4) is 11.3 Å². The van der Waals surface area contributed by atoms with E-state index in [2.05, 4.69) is 15.5 Å². The second-order valence-corrected chi connectivity index (χ2v) is 7.70. The molecule has 0 spiro atoms. The summed E-state index contributed by atoms with van der Waals surface area (Å²) in [5, 5.41) is 20.8. The van der Waals surface area contributed by atoms with Crippen LogP contribution in [-0.4, -0.2) is 21.3 Å². The lowest BCUT2D eigenvalue weighted by Crippen LogP contribution is -2.12. The zero-order valence-electron chi connectivity index (χ0n) is 17.8. The molecule has 0 radical (unpaired) electrons. The summed E-state index contributed by atoms with van der Waals surface area (Å²) in [6, 6.07) is 12.2. The standard InChI is InChI=1S/C24H15F6N3O2/c1-12-8-13(22(34)35)6-7-17(12)20-18-4-2-3-5-19(18)21(33-32-20)31-16-10-14(23(25,26)27)9-15(11-16)24(28,29)30/h2-11H,1H3,(H,31,33)(H,34,35). The lowest BCUT2D eigenvalue weighted by molar-refractivity contribution is -0.143. The quantitative estimate of drug-likeness (QED) is 0.298. The van der Waals surface area contributed by atoms with Crippen molar-refractivity contribution in [3.05, 3.63) is 82.9 Å². The minimum atomic E-state index is -4.99. The van der Waals surface area contributed by atoms with E-state index in [4.69, 9.17) is 0 Å². The summed E-state index contributed by atoms with van der Waals surface area (Å²) >= 11 is 0. The highest BCUT2D eigenvalue weighted by atomic mass is 19.4. The third kappa shape index (κ3) is 4.88. The number of fused-ring (bicyclic) bond motifs is 1. The van der Waals surface area contributed by atoms with Gasteiger partial charge in [-0.25, -0.2) is 4.79 Å². The fourth-order valence-electron chi connectivity index (χ4n) is 3.62. The highest BCUT2D eigenvalue weighted by Gasteiger charge is 2.37. The molecule has 4 rings (SSSR count). The van der Waals surface area contributed by atoms with E-state index >= 15 is 0 Å². The molecule has 0 aliphatic carbocycles. The first-order valence-corrected chi connectivity index (χ1v) is 10.0. The van der Waals surface area contributed by atoms with Crippen LogP contribution in [-0.2, 0) is 12.4 Å². The number of aromatic carboxylic acids is 1. The molecule has 0 amide bonds. The molecular formula is C24H15F6N3O2. The third-order valence-electron chi connectivity index (χ3n) is 5.27. The van der Waals surface area contributed by atoms with Crippen molar-refractivity contribution in [2.24, 2.45) is 0 Å². The van der Waals surface area contributed by atoms with Crippen molar-refractivity contribution in [1.82, 2.24) is 10.2 Å². The van der Waals surface area contributed by atoms with Crippen LogP contribution in [0.15, 0.2) is 60.7 Å². The van der Waals surface area contributed by atoms with Crippen LogP contribution in [0.5, 0.6) is 0 Å². The number of aryl methyl sites for hydroxylation is 1. The summed E-state index contributed by atoms with van der Waals surface area (Å²) in [5.41, 5.74) is -1.76. The van der Waals surface area contributed by atoms with Gasteiger partial charge in [0, 0.05) is 22.0 Å². The van der Waals surface area contributed by atoms with Gasteiger partial charge in [0.05, 0.1) is 16.7 Å². The number of aromatic nitrogens is 2. The summed E-state index contributed by atoms with van der Waals surface area (Å²) in [7, 11) is 0. The SMILES string of the molecule is Cc1cc(C(=O)O)ccc1-c1nnc(Nc2cc(C(F)(F)F)cc(C(F)(F)F)c2)c2ccccc12. The number of carbonyl (C=O) groups is 1. The van der Waals surface area contributed by atoms with Gasteiger partial charge in [0.15, 0.2) is 5.82 Å². The number of hydrogen-bond acceptors (Lipinski definition) is 4. The van der Waals surface area contributed by atoms with Crippen molar-refractivity contribution in [3.63, 3.8) is 0 Å². The van der Waals surface area contributed by atoms with E-state index in [0.717, 1.165) is 0 Å². The van der Waals surface area contributed by atoms with Crippen molar-refractivity contribution in [2.45, 2.75) is 19.3 Å². The Morgan fingerprint density at radius 1 is 0.829 bits per heavy atom. The summed E-state index contributed by atoms with van der Waals surface area (Å²) in [4.78, 5) is 11.2. The number of nitrogens with one attached hydrogen (secondary N) is 1. The molecule has 180 valence electrons. The molecule has 0 aliphatic heterocycles. The van der Waals surface area contributed by atoms with Crippen LogP contribution in [0.25, 0.3) is 22.0 Å². The third-order valence-corrected chi connectivity index (χ3v) is 5.27. The maximum absolute atomic E-state index is 13.2. The van der Waals surface area contributed by atoms with Crippen molar-refractivity contribution >= 4 is 28.2 Å². The first-order valence-electron chi connectivity index (χ1n) is 10.0. The van der Waals surface area contributed by atoms with Gasteiger partial charge < -0.3 is 10.4 Å². The normalized spacial score (nSPS) is 12.1. The smallest absolute Gasteiger partial charge is 0.416 e. The number of carboxylic acids is 1. The van der Waals surface area contributed by atoms with Gasteiger partial charge >= 0.3 is 18.3 Å². The first kappa shape index (κ1) is 24.0. The van der Waals surface area contributed by atoms with Crippen molar-refractivity contribution in [1.29, 1.82) is 0 Å². The topological polar surface area (TPSA) is 75.1 Å². The molecule has 0 saturated carbocycles. The van der Waals surface area contributed by atoms with Gasteiger partial charge in [-0.2, -0.15) is 26.3 Å². The van der Waals surface area contributed by atoms with Crippen molar-refractivity contribution in [2.75, 3.05) is 5.32 Å². The predicted octanol–water partition coefficient (Wildman–Crippen LogP) is 7.08. The Hall–Kier alpha value is -4.15. The summed E-state index contributed by atoms with van der Waals surface area (Å²) in [6.07, 6.45) is -9.98. The van der Waals surface area contributed by atoms with Crippen LogP contribution in [0.4, 0.5) is 37.8 Å². The lowest BCUT2D eigenvalue weighted by atomic mass is 9.98. The Morgan fingerprint density at radius 2 is 1.43 bits per heavy atom. The summed E-state index contributed by atoms with van der Waals surface area (Å²) in [5.74, 6) is -1.15. The van der Waals surface area contributed by atoms with E-state index in [1.807, 2.05) is 0 Å². The van der Waals surface area contributed by atoms with Gasteiger partial charge in [-0.15, -0.1) is 10.2 Å². The Kier molecular flexibility index (Phi) is 5.87. The molecule has 11 heteroatoms. The van der Waals surface area contributed by atoms with Crippen LogP contribution in [0, 0.1) is 6.92 Å². The zero-order chi connectivity index (χ0) is 25.5. The van der Waals surface area contributed by atoms with Crippen LogP contribution in [0.2, 0.25) is 0 Å². The van der Waals surface area contributed by atoms with Gasteiger partial charge in [0.25, 0.3) is 0 Å². The molecule has 35 heavy (non-hydrogen) atoms. The molecule has 2 N–H and O–H groups in total. The van der Waals surface area contributed by atoms with E-state index in [9.17, 15) is 36.2 Å². The lowest BCUT2D eigenvalue weighted by Gasteiger charge is -2.16. The van der Waals surface area contributed by atoms with Crippen molar-refractivity contribution < 1.29 is 36.2 Å². The average Bonchev–Trinajstić information content (AvgIpc) is 2.78. The number of rotatable bonds is 4. The number of carboxylic acid groups (broad SMARTS) is 1. The van der Waals surface area contributed by atoms with Gasteiger partial charge in [0.1, 0.15) is 5.69 Å². The Labute approximate surface area is 194 Å². The molecule has 5 nitrogen and oxygen atoms in total. The Morgan fingerprint density at radius 3 is 1.97 bits per heavy atom. The molecule has 0 unspecified atom stereocenters. The maximum Gasteiger partial charge on any atom is 0.416 e. The molecular weight excluding hydrogens is 476 g/mol. The molecule has 1 aromatic heterocycles. The van der Waals surface area contributed by atoms with E-state index < -0.39 is 35.1 Å². The number of alkyl halides is 6. The fraction of sp³-hybridized carbons (Fsp3) is 0.125. The molecule has 4 aromatic rings. The second-order valence-electron chi connectivity index (χ2n) is 7.70. The van der Waals surface area contributed by atoms with Gasteiger partial charge in [-0.1, -0.05) is 30.3 Å². The van der Waals surface area contributed by atoms with E-state index in [1.54, 1.807) is 37.3 Å². The number of nitrogens with zero attached hydrogens (tertiary/aromatic N) is 2. The summed E-state index contributed by atoms with van der Waals surface area (Å²) < 4.78 is 79.3. The highest BCUT2D eigenvalue weighted by Crippen LogP contribution is 2.39. The number of hydrogen-bond donors (Lipinski definition) is 2. The molecule has 0 fully saturated rings. The molecule has 0 bridgehead atoms. The number of benzene rings is 3. The van der Waals surface area contributed by atoms with Crippen LogP contribution < -0.4 is 5.32 Å². The maximum atomic E-state index is 13.2. The van der Waals surface area contributed by atoms with Crippen LogP contribution in [0.3, 0.4) is 0 Å². The molecule has 1 heterocycles. The minimum absolute atomic E-state index is 0.0433. The van der Waals surface area contributed by atoms with Crippen LogP contribution in [0.1, 0.15) is 27.0 Å². The van der Waals surface area contributed by atoms with Gasteiger partial charge in [-0.3, -0.25) is 0 Å². The highest BCUT2D eigenvalue weighted by molar-refractivity contribution is 6.01. The second kappa shape index (κ2) is 8.57. The number of anilines is 2. The average molecular weight is 491 g/mol. The predicted molar refractivity (Wildman–Crippen MR) is 116 cm³/mol. The Balaban J connectivity index is 1.83. The Bertz CT molecular complexity index is 1420. The first-order chi connectivity index (χ1) is 16.3. The van der Waals surface area contributed by atoms with Crippen LogP contribution >= 0.6 is 0 Å². The molecule has 0 aliphatic rings. The van der Waals surface area contributed by atoms with E-state index in [1.165, 1.54) is 12.1 Å². The molecule has 0 saturated heterocycles. The molecule has 0 atom stereocenters. The monoisotopic (exact) mass is 491 g/mol. The fourth-order valence-corrected chi connectivity index (χ4v) is 3.62. The van der Waals surface area contributed by atoms with Gasteiger partial charge in [-0.05, 0) is 42.8 Å². The zero-order valence-corrected chi connectivity index (χ0v) is 17.8. The molecule has 3 aromatic carbocycles. The summed E-state index contributed by atoms with van der Waals surface area (Å²) in [6.45, 7) is 1.69.